The molecule has 0 N–H and O–H groups in total. The third kappa shape index (κ3) is 5.64. The average Bonchev–Trinajstić information content (AvgIpc) is 1.69. The van der Waals surface area contributed by atoms with Gasteiger partial charge in [-0.05, 0) is 0 Å². The number of hydrogen-bond donors (Lipinski definition) is 0. The van der Waals surface area contributed by atoms with E-state index in [9.17, 15) is 9.59 Å². The van der Waals surface area contributed by atoms with Crippen LogP contribution in [0.3, 0.4) is 0 Å². The minimum atomic E-state index is -1.49. The Labute approximate surface area is 51.7 Å². The zero-order chi connectivity index (χ0) is 5.54. The van der Waals surface area contributed by atoms with Gasteiger partial charge in [0.2, 0.25) is 0 Å². The van der Waals surface area contributed by atoms with E-state index in [4.69, 9.17) is 0 Å². The quantitative estimate of drug-likeness (QED) is 0.380. The number of rotatable bonds is 2. The fourth-order valence-electron chi connectivity index (χ4n) is 0.0589. The van der Waals surface area contributed by atoms with Gasteiger partial charge >= 0.3 is 51.4 Å². The summed E-state index contributed by atoms with van der Waals surface area (Å²) in [6, 6.07) is 0. The number of nitrogens with zero attached hydrogens (tertiary/aromatic N) is 2. The van der Waals surface area contributed by atoms with E-state index in [0.29, 0.717) is 0 Å². The van der Waals surface area contributed by atoms with Gasteiger partial charge in [-0.3, -0.25) is 0 Å². The van der Waals surface area contributed by atoms with Crippen LogP contribution in [0.2, 0.25) is 0 Å². The van der Waals surface area contributed by atoms with Gasteiger partial charge in [0.15, 0.2) is 0 Å². The van der Waals surface area contributed by atoms with Crippen LogP contribution in [0.5, 0.6) is 0 Å². The maximum absolute atomic E-state index is 9.24. The monoisotopic (exact) mass is 293 g/mol. The molecule has 0 bridgehead atoms. The summed E-state index contributed by atoms with van der Waals surface area (Å²) in [5, 5.41) is 0. The van der Waals surface area contributed by atoms with Gasteiger partial charge in [-0.1, -0.05) is 0 Å². The molecule has 0 heterocycles. The van der Waals surface area contributed by atoms with Gasteiger partial charge in [0.05, 0.1) is 0 Å². The van der Waals surface area contributed by atoms with E-state index in [-0.39, 0.29) is 0 Å². The molecule has 0 atom stereocenters. The first-order chi connectivity index (χ1) is 3.41. The predicted octanol–water partition coefficient (Wildman–Crippen LogP) is -0.808. The third-order valence-electron chi connectivity index (χ3n) is 0.171. The first-order valence-electron chi connectivity index (χ1n) is 1.26. The van der Waals surface area contributed by atoms with Gasteiger partial charge in [-0.15, -0.1) is 0 Å². The molecule has 0 aliphatic heterocycles. The Kier molecular flexibility index (Phi) is 5.36. The van der Waals surface area contributed by atoms with Gasteiger partial charge in [0.25, 0.3) is 0 Å². The second kappa shape index (κ2) is 5.64. The summed E-state index contributed by atoms with van der Waals surface area (Å²) >= 11 is -1.49. The minimum absolute atomic E-state index is 1.29. The standard InChI is InChI=1S/2CNO.Bi/c2*2-1-3;/q2*-1;+2. The molecule has 0 aromatic carbocycles. The molecule has 0 spiro atoms. The molecule has 0 rings (SSSR count). The van der Waals surface area contributed by atoms with Crippen molar-refractivity contribution in [3.63, 3.8) is 0 Å². The fourth-order valence-corrected chi connectivity index (χ4v) is 0.517. The summed E-state index contributed by atoms with van der Waals surface area (Å²) in [6.07, 6.45) is 2.57. The van der Waals surface area contributed by atoms with Crippen LogP contribution in [0.1, 0.15) is 0 Å². The van der Waals surface area contributed by atoms with Crippen molar-refractivity contribution in [1.29, 1.82) is 0 Å². The number of hydrogen-bond acceptors (Lipinski definition) is 4. The molecular weight excluding hydrogens is 293 g/mol. The van der Waals surface area contributed by atoms with E-state index in [0.717, 1.165) is 0 Å². The number of isocyanates is 2. The molecule has 0 aliphatic carbocycles. The van der Waals surface area contributed by atoms with Crippen molar-refractivity contribution in [2.75, 3.05) is 0 Å². The molecule has 0 aromatic rings. The summed E-state index contributed by atoms with van der Waals surface area (Å²) in [5.41, 5.74) is 0. The van der Waals surface area contributed by atoms with Crippen molar-refractivity contribution >= 4 is 36.0 Å². The van der Waals surface area contributed by atoms with Gasteiger partial charge in [-0.2, -0.15) is 0 Å². The molecule has 7 heavy (non-hydrogen) atoms. The van der Waals surface area contributed by atoms with E-state index >= 15 is 0 Å². The van der Waals surface area contributed by atoms with Crippen LogP contribution in [0.25, 0.3) is 0 Å². The maximum atomic E-state index is 9.24. The molecular formula is C2BiN2O2. The Hall–Kier alpha value is -0.357. The van der Waals surface area contributed by atoms with Crippen LogP contribution < -0.4 is 0 Å². The first kappa shape index (κ1) is 6.64. The summed E-state index contributed by atoms with van der Waals surface area (Å²) in [4.78, 5) is 18.5. The summed E-state index contributed by atoms with van der Waals surface area (Å²) < 4.78 is 6.21. The van der Waals surface area contributed by atoms with Gasteiger partial charge < -0.3 is 0 Å². The number of carbonyl (C=O) groups excluding carboxylic acids is 2. The van der Waals surface area contributed by atoms with Gasteiger partial charge in [0.1, 0.15) is 0 Å². The molecule has 0 aliphatic rings. The van der Waals surface area contributed by atoms with E-state index in [2.05, 4.69) is 5.87 Å². The summed E-state index contributed by atoms with van der Waals surface area (Å²) in [5.74, 6) is 0. The molecule has 0 saturated carbocycles. The SMILES string of the molecule is O=C=[N][Bi][N]=C=O. The van der Waals surface area contributed by atoms with Crippen molar-refractivity contribution in [2.24, 2.45) is 5.87 Å². The Morgan fingerprint density at radius 3 is 1.86 bits per heavy atom. The van der Waals surface area contributed by atoms with E-state index in [1.165, 1.54) is 12.2 Å². The Morgan fingerprint density at radius 2 is 1.57 bits per heavy atom. The zero-order valence-corrected chi connectivity index (χ0v) is 6.64. The second-order valence-corrected chi connectivity index (χ2v) is 2.72. The van der Waals surface area contributed by atoms with E-state index in [1.54, 1.807) is 0 Å². The molecule has 0 aromatic heterocycles. The van der Waals surface area contributed by atoms with Crippen molar-refractivity contribution in [1.82, 2.24) is 0 Å². The van der Waals surface area contributed by atoms with Crippen LogP contribution in [-0.4, -0.2) is 36.0 Å². The molecule has 0 saturated heterocycles. The molecule has 5 heteroatoms. The predicted molar refractivity (Wildman–Crippen MR) is 22.0 cm³/mol. The Bertz CT molecular complexity index is 117. The molecule has 0 unspecified atom stereocenters. The first-order valence-corrected chi connectivity index (χ1v) is 4.37. The molecule has 1 radical (unpaired) electrons. The molecule has 0 amide bonds. The zero-order valence-electron chi connectivity index (χ0n) is 3.16. The normalized spacial score (nSPS) is 5.71. The van der Waals surface area contributed by atoms with Gasteiger partial charge in [0, 0.05) is 0 Å². The Balaban J connectivity index is 3.33. The van der Waals surface area contributed by atoms with Crippen LogP contribution in [-0.2, 0) is 9.59 Å². The van der Waals surface area contributed by atoms with Crippen LogP contribution >= 0.6 is 0 Å². The molecule has 4 nitrogen and oxygen atoms in total. The molecule has 35 valence electrons. The van der Waals surface area contributed by atoms with Crippen molar-refractivity contribution in [3.8, 4) is 0 Å². The van der Waals surface area contributed by atoms with Gasteiger partial charge in [-0.25, -0.2) is 0 Å². The fraction of sp³-hybridized carbons (Fsp3) is 0. The van der Waals surface area contributed by atoms with E-state index in [1.807, 2.05) is 0 Å². The van der Waals surface area contributed by atoms with Crippen molar-refractivity contribution in [2.45, 2.75) is 0 Å². The summed E-state index contributed by atoms with van der Waals surface area (Å²) in [7, 11) is 0. The average molecular weight is 293 g/mol. The summed E-state index contributed by atoms with van der Waals surface area (Å²) in [6.45, 7) is 0. The van der Waals surface area contributed by atoms with Crippen LogP contribution in [0.4, 0.5) is 0 Å². The third-order valence-corrected chi connectivity index (χ3v) is 1.50. The topological polar surface area (TPSA) is 58.9 Å². The molecule has 0 fully saturated rings. The van der Waals surface area contributed by atoms with Crippen LogP contribution in [0, 0.1) is 0 Å². The Morgan fingerprint density at radius 1 is 1.14 bits per heavy atom. The van der Waals surface area contributed by atoms with Crippen LogP contribution in [0.15, 0.2) is 5.87 Å². The van der Waals surface area contributed by atoms with E-state index < -0.39 is 23.8 Å². The second-order valence-electron chi connectivity index (χ2n) is 0.472. The van der Waals surface area contributed by atoms with Crippen molar-refractivity contribution < 1.29 is 9.59 Å². The van der Waals surface area contributed by atoms with Crippen molar-refractivity contribution in [3.05, 3.63) is 0 Å².